The van der Waals surface area contributed by atoms with E-state index in [2.05, 4.69) is 5.32 Å². The molecule has 0 heterocycles. The first-order valence-electron chi connectivity index (χ1n) is 7.37. The lowest BCUT2D eigenvalue weighted by molar-refractivity contribution is -0.142. The van der Waals surface area contributed by atoms with Crippen LogP contribution in [0.2, 0.25) is 0 Å². The molecule has 0 saturated heterocycles. The third-order valence-electron chi connectivity index (χ3n) is 3.30. The molecular weight excluding hydrogens is 284 g/mol. The fourth-order valence-electron chi connectivity index (χ4n) is 2.03. The van der Waals surface area contributed by atoms with Gasteiger partial charge in [0, 0.05) is 26.6 Å². The summed E-state index contributed by atoms with van der Waals surface area (Å²) in [7, 11) is 0. The number of amides is 1. The van der Waals surface area contributed by atoms with Gasteiger partial charge in [-0.1, -0.05) is 12.1 Å². The number of aliphatic carboxylic acids is 1. The number of nitrogens with one attached hydrogen (secondary N) is 1. The Morgan fingerprint density at radius 1 is 1.32 bits per heavy atom. The van der Waals surface area contributed by atoms with Crippen LogP contribution in [0.1, 0.15) is 26.3 Å². The Kier molecular flexibility index (Phi) is 7.39. The van der Waals surface area contributed by atoms with Crippen molar-refractivity contribution in [3.05, 3.63) is 29.8 Å². The highest BCUT2D eigenvalue weighted by molar-refractivity contribution is 5.73. The molecule has 22 heavy (non-hydrogen) atoms. The lowest BCUT2D eigenvalue weighted by Crippen LogP contribution is -2.42. The Morgan fingerprint density at radius 2 is 1.95 bits per heavy atom. The Bertz CT molecular complexity index is 487. The molecule has 0 aromatic heterocycles. The fraction of sp³-hybridized carbons (Fsp3) is 0.500. The number of carboxylic acids is 1. The lowest BCUT2D eigenvalue weighted by atomic mass is 10.1. The summed E-state index contributed by atoms with van der Waals surface area (Å²) in [5.41, 5.74) is 0.999. The van der Waals surface area contributed by atoms with Crippen molar-refractivity contribution < 1.29 is 19.4 Å². The minimum Gasteiger partial charge on any atom is -0.494 e. The molecule has 2 N–H and O–H groups in total. The molecule has 1 aromatic carbocycles. The molecule has 6 nitrogen and oxygen atoms in total. The Morgan fingerprint density at radius 3 is 2.45 bits per heavy atom. The van der Waals surface area contributed by atoms with Crippen LogP contribution in [0.15, 0.2) is 24.3 Å². The molecule has 1 aromatic rings. The molecule has 0 saturated carbocycles. The number of carbonyl (C=O) groups is 2. The van der Waals surface area contributed by atoms with Crippen LogP contribution in [0.4, 0.5) is 0 Å². The summed E-state index contributed by atoms with van der Waals surface area (Å²) in [5, 5.41) is 11.9. The molecule has 0 radical (unpaired) electrons. The van der Waals surface area contributed by atoms with Crippen LogP contribution in [0, 0.1) is 0 Å². The second kappa shape index (κ2) is 9.04. The summed E-state index contributed by atoms with van der Waals surface area (Å²) in [6.45, 7) is 7.01. The van der Waals surface area contributed by atoms with Gasteiger partial charge < -0.3 is 15.2 Å². The van der Waals surface area contributed by atoms with Crippen LogP contribution in [0.5, 0.6) is 5.75 Å². The molecule has 1 rings (SSSR count). The maximum atomic E-state index is 11.2. The van der Waals surface area contributed by atoms with Gasteiger partial charge in [0.2, 0.25) is 5.91 Å². The predicted molar refractivity (Wildman–Crippen MR) is 83.8 cm³/mol. The van der Waals surface area contributed by atoms with E-state index in [0.29, 0.717) is 26.2 Å². The van der Waals surface area contributed by atoms with Crippen molar-refractivity contribution in [1.82, 2.24) is 10.2 Å². The van der Waals surface area contributed by atoms with Gasteiger partial charge in [-0.25, -0.2) is 0 Å². The standard InChI is InChI=1S/C16H24N2O4/c1-4-22-15-7-5-14(6-8-15)11-18(12(2)16(20)21)10-9-17-13(3)19/h5-8,12H,4,9-11H2,1-3H3,(H,17,19)(H,20,21). The molecule has 0 spiro atoms. The van der Waals surface area contributed by atoms with Crippen molar-refractivity contribution in [3.63, 3.8) is 0 Å². The molecule has 0 aliphatic heterocycles. The molecule has 0 aliphatic carbocycles. The lowest BCUT2D eigenvalue weighted by Gasteiger charge is -2.26. The summed E-state index contributed by atoms with van der Waals surface area (Å²) in [5.74, 6) is -0.208. The Hall–Kier alpha value is -2.08. The van der Waals surface area contributed by atoms with Crippen LogP contribution in [-0.4, -0.2) is 47.6 Å². The van der Waals surface area contributed by atoms with E-state index in [1.54, 1.807) is 6.92 Å². The van der Waals surface area contributed by atoms with Gasteiger partial charge in [-0.3, -0.25) is 14.5 Å². The minimum atomic E-state index is -0.881. The third-order valence-corrected chi connectivity index (χ3v) is 3.30. The van der Waals surface area contributed by atoms with E-state index in [-0.39, 0.29) is 5.91 Å². The van der Waals surface area contributed by atoms with Crippen LogP contribution < -0.4 is 10.1 Å². The molecule has 1 amide bonds. The van der Waals surface area contributed by atoms with Crippen molar-refractivity contribution >= 4 is 11.9 Å². The zero-order valence-corrected chi connectivity index (χ0v) is 13.3. The second-order valence-corrected chi connectivity index (χ2v) is 5.04. The zero-order chi connectivity index (χ0) is 16.5. The smallest absolute Gasteiger partial charge is 0.320 e. The van der Waals surface area contributed by atoms with Crippen molar-refractivity contribution in [2.24, 2.45) is 0 Å². The van der Waals surface area contributed by atoms with Gasteiger partial charge in [0.05, 0.1) is 6.61 Å². The van der Waals surface area contributed by atoms with E-state index in [4.69, 9.17) is 4.74 Å². The maximum absolute atomic E-state index is 11.2. The highest BCUT2D eigenvalue weighted by Gasteiger charge is 2.20. The van der Waals surface area contributed by atoms with Gasteiger partial charge in [-0.05, 0) is 31.5 Å². The molecule has 0 fully saturated rings. The molecule has 1 unspecified atom stereocenters. The highest BCUT2D eigenvalue weighted by atomic mass is 16.5. The molecule has 6 heteroatoms. The van der Waals surface area contributed by atoms with Crippen LogP contribution in [0.3, 0.4) is 0 Å². The topological polar surface area (TPSA) is 78.9 Å². The Labute approximate surface area is 131 Å². The largest absolute Gasteiger partial charge is 0.494 e. The maximum Gasteiger partial charge on any atom is 0.320 e. The van der Waals surface area contributed by atoms with Gasteiger partial charge in [0.1, 0.15) is 11.8 Å². The summed E-state index contributed by atoms with van der Waals surface area (Å²) in [6, 6.07) is 6.96. The SMILES string of the molecule is CCOc1ccc(CN(CCNC(C)=O)C(C)C(=O)O)cc1. The fourth-order valence-corrected chi connectivity index (χ4v) is 2.03. The van der Waals surface area contributed by atoms with Gasteiger partial charge in [-0.15, -0.1) is 0 Å². The first kappa shape index (κ1) is 18.0. The normalized spacial score (nSPS) is 12.0. The second-order valence-electron chi connectivity index (χ2n) is 5.04. The first-order valence-corrected chi connectivity index (χ1v) is 7.37. The number of benzene rings is 1. The zero-order valence-electron chi connectivity index (χ0n) is 13.3. The van der Waals surface area contributed by atoms with Crippen molar-refractivity contribution in [1.29, 1.82) is 0 Å². The van der Waals surface area contributed by atoms with E-state index in [0.717, 1.165) is 11.3 Å². The highest BCUT2D eigenvalue weighted by Crippen LogP contribution is 2.14. The molecule has 0 aliphatic rings. The predicted octanol–water partition coefficient (Wildman–Crippen LogP) is 1.50. The van der Waals surface area contributed by atoms with Crippen LogP contribution >= 0.6 is 0 Å². The van der Waals surface area contributed by atoms with Crippen LogP contribution in [0.25, 0.3) is 0 Å². The number of rotatable bonds is 9. The van der Waals surface area contributed by atoms with Crippen molar-refractivity contribution in [2.75, 3.05) is 19.7 Å². The van der Waals surface area contributed by atoms with E-state index >= 15 is 0 Å². The number of nitrogens with zero attached hydrogens (tertiary/aromatic N) is 1. The number of hydrogen-bond donors (Lipinski definition) is 2. The molecule has 122 valence electrons. The summed E-state index contributed by atoms with van der Waals surface area (Å²) in [4.78, 5) is 24.0. The van der Waals surface area contributed by atoms with Crippen molar-refractivity contribution in [3.8, 4) is 5.75 Å². The van der Waals surface area contributed by atoms with Gasteiger partial charge in [0.25, 0.3) is 0 Å². The van der Waals surface area contributed by atoms with E-state index in [1.807, 2.05) is 36.1 Å². The average Bonchev–Trinajstić information content (AvgIpc) is 2.47. The number of carbonyl (C=O) groups excluding carboxylic acids is 1. The monoisotopic (exact) mass is 308 g/mol. The Balaban J connectivity index is 2.69. The number of hydrogen-bond acceptors (Lipinski definition) is 4. The van der Waals surface area contributed by atoms with Crippen molar-refractivity contribution in [2.45, 2.75) is 33.4 Å². The number of ether oxygens (including phenoxy) is 1. The first-order chi connectivity index (χ1) is 10.4. The molecule has 0 bridgehead atoms. The summed E-state index contributed by atoms with van der Waals surface area (Å²) < 4.78 is 5.39. The quantitative estimate of drug-likeness (QED) is 0.723. The molecular formula is C16H24N2O4. The van der Waals surface area contributed by atoms with Gasteiger partial charge >= 0.3 is 5.97 Å². The van der Waals surface area contributed by atoms with Gasteiger partial charge in [-0.2, -0.15) is 0 Å². The van der Waals surface area contributed by atoms with Crippen LogP contribution in [-0.2, 0) is 16.1 Å². The number of carboxylic acid groups (broad SMARTS) is 1. The van der Waals surface area contributed by atoms with Gasteiger partial charge in [0.15, 0.2) is 0 Å². The summed E-state index contributed by atoms with van der Waals surface area (Å²) >= 11 is 0. The van der Waals surface area contributed by atoms with E-state index < -0.39 is 12.0 Å². The summed E-state index contributed by atoms with van der Waals surface area (Å²) in [6.07, 6.45) is 0. The molecule has 1 atom stereocenters. The average molecular weight is 308 g/mol. The third kappa shape index (κ3) is 6.13. The van der Waals surface area contributed by atoms with E-state index in [9.17, 15) is 14.7 Å². The van der Waals surface area contributed by atoms with E-state index in [1.165, 1.54) is 6.92 Å². The minimum absolute atomic E-state index is 0.121.